The van der Waals surface area contributed by atoms with Gasteiger partial charge in [-0.2, -0.15) is 0 Å². The lowest BCUT2D eigenvalue weighted by atomic mass is 10.2. The number of amidine groups is 1. The molecule has 24 heavy (non-hydrogen) atoms. The minimum atomic E-state index is -3.83. The highest BCUT2D eigenvalue weighted by atomic mass is 35.5. The summed E-state index contributed by atoms with van der Waals surface area (Å²) in [5, 5.41) is 3.75. The first kappa shape index (κ1) is 17.9. The van der Waals surface area contributed by atoms with Crippen LogP contribution in [0.4, 0.5) is 4.39 Å². The van der Waals surface area contributed by atoms with Crippen LogP contribution in [0.3, 0.4) is 0 Å². The second-order valence-corrected chi connectivity index (χ2v) is 7.11. The Labute approximate surface area is 142 Å². The van der Waals surface area contributed by atoms with Gasteiger partial charge in [0.2, 0.25) is 0 Å². The van der Waals surface area contributed by atoms with E-state index in [0.29, 0.717) is 5.02 Å². The molecule has 0 aliphatic heterocycles. The number of carbonyl (C=O) groups is 1. The van der Waals surface area contributed by atoms with Crippen LogP contribution in [0, 0.1) is 5.82 Å². The Morgan fingerprint density at radius 2 is 1.71 bits per heavy atom. The van der Waals surface area contributed by atoms with Gasteiger partial charge in [0.25, 0.3) is 0 Å². The van der Waals surface area contributed by atoms with Crippen molar-refractivity contribution in [2.75, 3.05) is 5.75 Å². The van der Waals surface area contributed by atoms with Crippen LogP contribution in [0.5, 0.6) is 0 Å². The number of carbonyl (C=O) groups excluding carboxylic acids is 1. The molecule has 0 atom stereocenters. The van der Waals surface area contributed by atoms with E-state index >= 15 is 0 Å². The molecule has 126 valence electrons. The molecule has 9 heteroatoms. The summed E-state index contributed by atoms with van der Waals surface area (Å²) in [7, 11) is -3.83. The Balaban J connectivity index is 2.04. The number of nitrogens with two attached hydrogens (primary N) is 1. The summed E-state index contributed by atoms with van der Waals surface area (Å²) in [6, 6.07) is 10.1. The van der Waals surface area contributed by atoms with E-state index in [4.69, 9.17) is 17.3 Å². The summed E-state index contributed by atoms with van der Waals surface area (Å²) in [6.45, 7) is 0. The second-order valence-electron chi connectivity index (χ2n) is 4.68. The molecule has 2 N–H and O–H groups in total. The van der Waals surface area contributed by atoms with Gasteiger partial charge < -0.3 is 10.6 Å². The fourth-order valence-electron chi connectivity index (χ4n) is 1.69. The lowest BCUT2D eigenvalue weighted by Gasteiger charge is -2.04. The van der Waals surface area contributed by atoms with Gasteiger partial charge in [-0.25, -0.2) is 17.6 Å². The zero-order chi connectivity index (χ0) is 17.7. The van der Waals surface area contributed by atoms with Crippen LogP contribution in [0.15, 0.2) is 58.6 Å². The van der Waals surface area contributed by atoms with Crippen molar-refractivity contribution in [3.05, 3.63) is 64.9 Å². The number of hydrogen-bond donors (Lipinski definition) is 1. The van der Waals surface area contributed by atoms with E-state index in [2.05, 4.69) is 9.99 Å². The summed E-state index contributed by atoms with van der Waals surface area (Å²) in [5.74, 6) is -2.46. The molecule has 0 aliphatic rings. The van der Waals surface area contributed by atoms with Crippen molar-refractivity contribution in [2.45, 2.75) is 4.90 Å². The SMILES string of the molecule is NC(CS(=O)(=O)c1ccc(F)cc1)=NOC(=O)c1ccc(Cl)cc1. The first-order valence-corrected chi connectivity index (χ1v) is 8.58. The first-order valence-electron chi connectivity index (χ1n) is 6.55. The van der Waals surface area contributed by atoms with E-state index < -0.39 is 33.2 Å². The standard InChI is InChI=1S/C15H12ClFN2O4S/c16-11-3-1-10(2-4-11)15(20)23-19-14(18)9-24(21,22)13-7-5-12(17)6-8-13/h1-8H,9H2,(H2,18,19). The normalized spacial score (nSPS) is 12.0. The van der Waals surface area contributed by atoms with Crippen molar-refractivity contribution < 1.29 is 22.4 Å². The molecule has 0 fully saturated rings. The van der Waals surface area contributed by atoms with Crippen molar-refractivity contribution in [1.82, 2.24) is 0 Å². The first-order chi connectivity index (χ1) is 11.3. The number of oxime groups is 1. The van der Waals surface area contributed by atoms with E-state index in [0.717, 1.165) is 24.3 Å². The smallest absolute Gasteiger partial charge is 0.365 e. The van der Waals surface area contributed by atoms with Gasteiger partial charge in [0.05, 0.1) is 10.5 Å². The van der Waals surface area contributed by atoms with Crippen molar-refractivity contribution in [3.8, 4) is 0 Å². The van der Waals surface area contributed by atoms with Gasteiger partial charge in [0.15, 0.2) is 15.7 Å². The molecule has 0 aliphatic carbocycles. The third-order valence-electron chi connectivity index (χ3n) is 2.84. The third kappa shape index (κ3) is 4.77. The van der Waals surface area contributed by atoms with Crippen LogP contribution in [0.25, 0.3) is 0 Å². The van der Waals surface area contributed by atoms with Gasteiger partial charge in [-0.1, -0.05) is 16.8 Å². The van der Waals surface area contributed by atoms with E-state index in [1.54, 1.807) is 0 Å². The minimum Gasteiger partial charge on any atom is -0.384 e. The molecular formula is C15H12ClFN2O4S. The van der Waals surface area contributed by atoms with Crippen molar-refractivity contribution in [1.29, 1.82) is 0 Å². The number of benzene rings is 2. The van der Waals surface area contributed by atoms with Gasteiger partial charge in [0.1, 0.15) is 11.6 Å². The molecule has 0 unspecified atom stereocenters. The maximum Gasteiger partial charge on any atom is 0.365 e. The number of halogens is 2. The summed E-state index contributed by atoms with van der Waals surface area (Å²) in [6.07, 6.45) is 0. The minimum absolute atomic E-state index is 0.119. The lowest BCUT2D eigenvalue weighted by Crippen LogP contribution is -2.24. The second kappa shape index (κ2) is 7.41. The molecule has 0 radical (unpaired) electrons. The highest BCUT2D eigenvalue weighted by Crippen LogP contribution is 2.12. The molecule has 0 heterocycles. The van der Waals surface area contributed by atoms with Crippen LogP contribution in [0.1, 0.15) is 10.4 Å². The number of nitrogens with zero attached hydrogens (tertiary/aromatic N) is 1. The highest BCUT2D eigenvalue weighted by Gasteiger charge is 2.17. The molecule has 0 spiro atoms. The van der Waals surface area contributed by atoms with Gasteiger partial charge in [0, 0.05) is 5.02 Å². The molecular weight excluding hydrogens is 359 g/mol. The average Bonchev–Trinajstić information content (AvgIpc) is 2.53. The summed E-state index contributed by atoms with van der Waals surface area (Å²) in [5.41, 5.74) is 5.65. The van der Waals surface area contributed by atoms with Crippen molar-refractivity contribution in [3.63, 3.8) is 0 Å². The van der Waals surface area contributed by atoms with E-state index in [-0.39, 0.29) is 10.5 Å². The van der Waals surface area contributed by atoms with Gasteiger partial charge in [-0.05, 0) is 48.5 Å². The van der Waals surface area contributed by atoms with Gasteiger partial charge >= 0.3 is 5.97 Å². The van der Waals surface area contributed by atoms with Crippen LogP contribution < -0.4 is 5.73 Å². The fraction of sp³-hybridized carbons (Fsp3) is 0.0667. The number of hydrogen-bond acceptors (Lipinski definition) is 5. The molecule has 0 aromatic heterocycles. The molecule has 0 amide bonds. The highest BCUT2D eigenvalue weighted by molar-refractivity contribution is 7.92. The van der Waals surface area contributed by atoms with Crippen LogP contribution in [-0.2, 0) is 14.7 Å². The topological polar surface area (TPSA) is 98.8 Å². The Kier molecular flexibility index (Phi) is 5.53. The monoisotopic (exact) mass is 370 g/mol. The Hall–Kier alpha value is -2.45. The van der Waals surface area contributed by atoms with Crippen LogP contribution >= 0.6 is 11.6 Å². The molecule has 0 saturated heterocycles. The number of sulfone groups is 1. The fourth-order valence-corrected chi connectivity index (χ4v) is 2.97. The quantitative estimate of drug-likeness (QED) is 0.286. The maximum absolute atomic E-state index is 12.8. The third-order valence-corrected chi connectivity index (χ3v) is 4.75. The maximum atomic E-state index is 12.8. The predicted octanol–water partition coefficient (Wildman–Crippen LogP) is 2.38. The molecule has 2 aromatic rings. The molecule has 0 bridgehead atoms. The average molecular weight is 371 g/mol. The van der Waals surface area contributed by atoms with E-state index in [9.17, 15) is 17.6 Å². The molecule has 2 aromatic carbocycles. The predicted molar refractivity (Wildman–Crippen MR) is 86.9 cm³/mol. The van der Waals surface area contributed by atoms with E-state index in [1.165, 1.54) is 24.3 Å². The van der Waals surface area contributed by atoms with E-state index in [1.807, 2.05) is 0 Å². The molecule has 6 nitrogen and oxygen atoms in total. The summed E-state index contributed by atoms with van der Waals surface area (Å²) >= 11 is 5.69. The van der Waals surface area contributed by atoms with Crippen LogP contribution in [-0.4, -0.2) is 26.0 Å². The lowest BCUT2D eigenvalue weighted by molar-refractivity contribution is 0.0515. The molecule has 0 saturated carbocycles. The largest absolute Gasteiger partial charge is 0.384 e. The Bertz CT molecular complexity index is 865. The van der Waals surface area contributed by atoms with Crippen molar-refractivity contribution in [2.24, 2.45) is 10.9 Å². The Morgan fingerprint density at radius 1 is 1.12 bits per heavy atom. The zero-order valence-corrected chi connectivity index (χ0v) is 13.7. The zero-order valence-electron chi connectivity index (χ0n) is 12.1. The summed E-state index contributed by atoms with van der Waals surface area (Å²) in [4.78, 5) is 16.2. The summed E-state index contributed by atoms with van der Waals surface area (Å²) < 4.78 is 37.0. The van der Waals surface area contributed by atoms with Crippen molar-refractivity contribution >= 4 is 33.2 Å². The number of rotatable bonds is 5. The Morgan fingerprint density at radius 3 is 2.29 bits per heavy atom. The van der Waals surface area contributed by atoms with Crippen LogP contribution in [0.2, 0.25) is 5.02 Å². The molecule has 2 rings (SSSR count). The van der Waals surface area contributed by atoms with Gasteiger partial charge in [-0.15, -0.1) is 0 Å². The van der Waals surface area contributed by atoms with Gasteiger partial charge in [-0.3, -0.25) is 0 Å².